The number of carbonyl (C=O) groups is 2. The van der Waals surface area contributed by atoms with Crippen molar-refractivity contribution in [3.8, 4) is 0 Å². The van der Waals surface area contributed by atoms with E-state index in [0.717, 1.165) is 28.5 Å². The van der Waals surface area contributed by atoms with Crippen molar-refractivity contribution in [1.29, 1.82) is 0 Å². The molecule has 1 aromatic heterocycles. The molecule has 1 amide bonds. The summed E-state index contributed by atoms with van der Waals surface area (Å²) >= 11 is 0. The Kier molecular flexibility index (Phi) is 2.78. The molecule has 1 aromatic carbocycles. The summed E-state index contributed by atoms with van der Waals surface area (Å²) in [5, 5.41) is 10.1. The maximum absolute atomic E-state index is 12.4. The zero-order chi connectivity index (χ0) is 14.4. The van der Waals surface area contributed by atoms with Crippen molar-refractivity contribution in [3.63, 3.8) is 0 Å². The lowest BCUT2D eigenvalue weighted by Crippen LogP contribution is -2.35. The van der Waals surface area contributed by atoms with Crippen molar-refractivity contribution < 1.29 is 14.7 Å². The summed E-state index contributed by atoms with van der Waals surface area (Å²) in [6.45, 7) is 2.48. The second-order valence-electron chi connectivity index (χ2n) is 5.30. The third-order valence-corrected chi connectivity index (χ3v) is 3.86. The predicted molar refractivity (Wildman–Crippen MR) is 75.0 cm³/mol. The van der Waals surface area contributed by atoms with Crippen LogP contribution >= 0.6 is 0 Å². The van der Waals surface area contributed by atoms with E-state index in [4.69, 9.17) is 5.11 Å². The molecule has 0 saturated carbocycles. The van der Waals surface area contributed by atoms with Crippen molar-refractivity contribution in [2.24, 2.45) is 0 Å². The fourth-order valence-corrected chi connectivity index (χ4v) is 2.90. The van der Waals surface area contributed by atoms with E-state index in [1.165, 1.54) is 0 Å². The normalized spacial score (nSPS) is 14.7. The molecule has 0 bridgehead atoms. The number of benzene rings is 1. The van der Waals surface area contributed by atoms with Crippen LogP contribution in [-0.2, 0) is 17.8 Å². The molecular weight excluding hydrogens is 256 g/mol. The van der Waals surface area contributed by atoms with Gasteiger partial charge in [-0.05, 0) is 31.0 Å². The summed E-state index contributed by atoms with van der Waals surface area (Å²) in [5.41, 5.74) is 3.45. The van der Waals surface area contributed by atoms with Crippen LogP contribution in [0.25, 0.3) is 10.9 Å². The standard InChI is InChI=1S/C15H16N2O3/c1-9-3-4-12-11(7-9)10-5-6-16(2)15(20)14(10)17(12)8-13(18)19/h3-4,7H,5-6,8H2,1-2H3,(H,18,19). The molecule has 20 heavy (non-hydrogen) atoms. The first-order valence-electron chi connectivity index (χ1n) is 6.58. The summed E-state index contributed by atoms with van der Waals surface area (Å²) in [5.74, 6) is -1.03. The van der Waals surface area contributed by atoms with Crippen molar-refractivity contribution in [2.45, 2.75) is 19.9 Å². The molecule has 0 unspecified atom stereocenters. The van der Waals surface area contributed by atoms with Crippen molar-refractivity contribution in [2.75, 3.05) is 13.6 Å². The maximum atomic E-state index is 12.4. The number of rotatable bonds is 2. The van der Waals surface area contributed by atoms with Gasteiger partial charge in [0.15, 0.2) is 0 Å². The van der Waals surface area contributed by atoms with Gasteiger partial charge in [-0.25, -0.2) is 0 Å². The average Bonchev–Trinajstić information content (AvgIpc) is 2.68. The van der Waals surface area contributed by atoms with Gasteiger partial charge in [0.25, 0.3) is 5.91 Å². The van der Waals surface area contributed by atoms with E-state index in [1.54, 1.807) is 16.5 Å². The highest BCUT2D eigenvalue weighted by atomic mass is 16.4. The van der Waals surface area contributed by atoms with E-state index in [-0.39, 0.29) is 12.5 Å². The molecule has 2 aromatic rings. The predicted octanol–water partition coefficient (Wildman–Crippen LogP) is 1.66. The summed E-state index contributed by atoms with van der Waals surface area (Å²) < 4.78 is 1.63. The number of carbonyl (C=O) groups excluding carboxylic acids is 1. The molecule has 1 aliphatic heterocycles. The lowest BCUT2D eigenvalue weighted by Gasteiger charge is -2.24. The molecule has 1 aliphatic rings. The van der Waals surface area contributed by atoms with E-state index in [9.17, 15) is 9.59 Å². The number of hydrogen-bond acceptors (Lipinski definition) is 2. The number of fused-ring (bicyclic) bond motifs is 3. The zero-order valence-corrected chi connectivity index (χ0v) is 11.5. The Morgan fingerprint density at radius 3 is 2.85 bits per heavy atom. The molecule has 5 nitrogen and oxygen atoms in total. The SMILES string of the molecule is Cc1ccc2c(c1)c1c(n2CC(=O)O)C(=O)N(C)CC1. The third-order valence-electron chi connectivity index (χ3n) is 3.86. The highest BCUT2D eigenvalue weighted by Gasteiger charge is 2.29. The molecule has 0 atom stereocenters. The van der Waals surface area contributed by atoms with Crippen LogP contribution in [-0.4, -0.2) is 40.0 Å². The summed E-state index contributed by atoms with van der Waals surface area (Å²) in [4.78, 5) is 25.1. The van der Waals surface area contributed by atoms with Gasteiger partial charge in [-0.2, -0.15) is 0 Å². The van der Waals surface area contributed by atoms with Crippen molar-refractivity contribution in [1.82, 2.24) is 9.47 Å². The molecule has 0 spiro atoms. The van der Waals surface area contributed by atoms with Crippen molar-refractivity contribution >= 4 is 22.8 Å². The van der Waals surface area contributed by atoms with Crippen molar-refractivity contribution in [3.05, 3.63) is 35.0 Å². The van der Waals surface area contributed by atoms with Crippen LogP contribution in [0.4, 0.5) is 0 Å². The molecule has 1 N–H and O–H groups in total. The number of aliphatic carboxylic acids is 1. The van der Waals surface area contributed by atoms with E-state index in [0.29, 0.717) is 12.2 Å². The molecular formula is C15H16N2O3. The Labute approximate surface area is 116 Å². The van der Waals surface area contributed by atoms with Gasteiger partial charge in [0.05, 0.1) is 0 Å². The molecule has 2 heterocycles. The average molecular weight is 272 g/mol. The Morgan fingerprint density at radius 2 is 2.15 bits per heavy atom. The lowest BCUT2D eigenvalue weighted by molar-refractivity contribution is -0.137. The largest absolute Gasteiger partial charge is 0.480 e. The van der Waals surface area contributed by atoms with Crippen LogP contribution in [0.2, 0.25) is 0 Å². The van der Waals surface area contributed by atoms with Crippen LogP contribution < -0.4 is 0 Å². The summed E-state index contributed by atoms with van der Waals surface area (Å²) in [6.07, 6.45) is 0.768. The van der Waals surface area contributed by atoms with E-state index < -0.39 is 5.97 Å². The van der Waals surface area contributed by atoms with Gasteiger partial charge in [0, 0.05) is 24.5 Å². The number of nitrogens with zero attached hydrogens (tertiary/aromatic N) is 2. The maximum Gasteiger partial charge on any atom is 0.323 e. The Balaban J connectivity index is 2.34. The fourth-order valence-electron chi connectivity index (χ4n) is 2.90. The van der Waals surface area contributed by atoms with Gasteiger partial charge < -0.3 is 14.6 Å². The molecule has 0 fully saturated rings. The van der Waals surface area contributed by atoms with Gasteiger partial charge >= 0.3 is 5.97 Å². The Hall–Kier alpha value is -2.30. The smallest absolute Gasteiger partial charge is 0.323 e. The fraction of sp³-hybridized carbons (Fsp3) is 0.333. The number of likely N-dealkylation sites (N-methyl/N-ethyl adjacent to an activating group) is 1. The second-order valence-corrected chi connectivity index (χ2v) is 5.30. The van der Waals surface area contributed by atoms with Crippen LogP contribution in [0, 0.1) is 6.92 Å². The van der Waals surface area contributed by atoms with E-state index in [2.05, 4.69) is 0 Å². The Bertz CT molecular complexity index is 730. The quantitative estimate of drug-likeness (QED) is 0.904. The highest BCUT2D eigenvalue weighted by molar-refractivity contribution is 6.03. The first-order valence-corrected chi connectivity index (χ1v) is 6.58. The first-order chi connectivity index (χ1) is 9.49. The molecule has 5 heteroatoms. The summed E-state index contributed by atoms with van der Waals surface area (Å²) in [6, 6.07) is 5.88. The van der Waals surface area contributed by atoms with Gasteiger partial charge in [-0.1, -0.05) is 11.6 Å². The van der Waals surface area contributed by atoms with Crippen LogP contribution in [0.1, 0.15) is 21.6 Å². The zero-order valence-electron chi connectivity index (χ0n) is 11.5. The minimum absolute atomic E-state index is 0.0960. The Morgan fingerprint density at radius 1 is 1.40 bits per heavy atom. The number of carboxylic acids is 1. The molecule has 0 saturated heterocycles. The van der Waals surface area contributed by atoms with Gasteiger partial charge in [0.1, 0.15) is 12.2 Å². The van der Waals surface area contributed by atoms with Crippen LogP contribution in [0.3, 0.4) is 0 Å². The van der Waals surface area contributed by atoms with Gasteiger partial charge in [-0.15, -0.1) is 0 Å². The van der Waals surface area contributed by atoms with Gasteiger partial charge in [-0.3, -0.25) is 9.59 Å². The minimum atomic E-state index is -0.939. The number of aromatic nitrogens is 1. The van der Waals surface area contributed by atoms with Gasteiger partial charge in [0.2, 0.25) is 0 Å². The molecule has 104 valence electrons. The summed E-state index contributed by atoms with van der Waals surface area (Å²) in [7, 11) is 1.75. The molecule has 0 aliphatic carbocycles. The monoisotopic (exact) mass is 272 g/mol. The topological polar surface area (TPSA) is 62.5 Å². The molecule has 0 radical (unpaired) electrons. The number of amides is 1. The number of aryl methyl sites for hydroxylation is 1. The third kappa shape index (κ3) is 1.78. The molecule has 3 rings (SSSR count). The lowest BCUT2D eigenvalue weighted by atomic mass is 10.0. The minimum Gasteiger partial charge on any atom is -0.480 e. The van der Waals surface area contributed by atoms with E-state index in [1.807, 2.05) is 25.1 Å². The number of hydrogen-bond donors (Lipinski definition) is 1. The van der Waals surface area contributed by atoms with Crippen LogP contribution in [0.15, 0.2) is 18.2 Å². The second kappa shape index (κ2) is 4.37. The highest BCUT2D eigenvalue weighted by Crippen LogP contribution is 2.31. The van der Waals surface area contributed by atoms with Crippen LogP contribution in [0.5, 0.6) is 0 Å². The van der Waals surface area contributed by atoms with E-state index >= 15 is 0 Å². The first kappa shape index (κ1) is 12.7. The number of carboxylic acid groups (broad SMARTS) is 1.